The predicted molar refractivity (Wildman–Crippen MR) is 517 cm³/mol. The van der Waals surface area contributed by atoms with Crippen LogP contribution in [-0.4, -0.2) is 334 Å². The van der Waals surface area contributed by atoms with E-state index in [9.17, 15) is 58.5 Å². The number of imidazole rings is 1. The highest BCUT2D eigenvalue weighted by molar-refractivity contribution is 8.00. The maximum atomic E-state index is 15.8. The smallest absolute Gasteiger partial charge is 0.246 e. The number of hydrogen-bond acceptors (Lipinski definition) is 24. The van der Waals surface area contributed by atoms with Gasteiger partial charge in [-0.05, 0) is 106 Å². The van der Waals surface area contributed by atoms with Crippen LogP contribution in [0.3, 0.4) is 0 Å². The summed E-state index contributed by atoms with van der Waals surface area (Å²) in [4.78, 5) is 284. The van der Waals surface area contributed by atoms with Crippen molar-refractivity contribution in [1.82, 2.24) is 108 Å². The van der Waals surface area contributed by atoms with E-state index in [0.717, 1.165) is 36.3 Å². The number of para-hydroxylation sites is 2. The molecule has 3 saturated heterocycles. The molecule has 18 amide bonds. The van der Waals surface area contributed by atoms with Gasteiger partial charge < -0.3 is 136 Å². The van der Waals surface area contributed by atoms with Crippen LogP contribution in [0.4, 0.5) is 0 Å². The summed E-state index contributed by atoms with van der Waals surface area (Å²) < 4.78 is 0. The van der Waals surface area contributed by atoms with Gasteiger partial charge in [0.15, 0.2) is 5.96 Å². The van der Waals surface area contributed by atoms with Gasteiger partial charge in [0.25, 0.3) is 0 Å². The van der Waals surface area contributed by atoms with Crippen molar-refractivity contribution in [2.45, 2.75) is 247 Å². The normalized spacial score (nSPS) is 24.4. The second-order valence-electron chi connectivity index (χ2n) is 36.2. The Bertz CT molecular complexity index is 5440. The van der Waals surface area contributed by atoms with Crippen molar-refractivity contribution >= 4 is 146 Å². The summed E-state index contributed by atoms with van der Waals surface area (Å²) in [5, 5.41) is 73.6. The Morgan fingerprint density at radius 3 is 1.70 bits per heavy atom. The number of guanidine groups is 1. The molecule has 0 bridgehead atoms. The Kier molecular flexibility index (Phi) is 41.2. The molecule has 3 aromatic heterocycles. The van der Waals surface area contributed by atoms with E-state index >= 15 is 43.2 Å². The van der Waals surface area contributed by atoms with Crippen molar-refractivity contribution in [3.05, 3.63) is 120 Å². The Morgan fingerprint density at radius 1 is 0.560 bits per heavy atom. The van der Waals surface area contributed by atoms with Crippen LogP contribution in [0.25, 0.3) is 21.8 Å². The van der Waals surface area contributed by atoms with E-state index in [1.54, 1.807) is 74.8 Å². The van der Waals surface area contributed by atoms with Crippen LogP contribution >= 0.6 is 11.8 Å². The summed E-state index contributed by atoms with van der Waals surface area (Å²) >= 11 is 0.729. The summed E-state index contributed by atoms with van der Waals surface area (Å²) in [5.41, 5.74) is 19.7. The van der Waals surface area contributed by atoms with Crippen LogP contribution in [0.1, 0.15) is 147 Å². The number of aliphatic hydroxyl groups is 2. The first-order valence-electron chi connectivity index (χ1n) is 47.2. The molecule has 0 unspecified atom stereocenters. The number of hydrogen-bond donors (Lipinski definition) is 22. The Balaban J connectivity index is 1.11. The van der Waals surface area contributed by atoms with Crippen LogP contribution < -0.4 is 81.0 Å². The van der Waals surface area contributed by atoms with Gasteiger partial charge >= 0.3 is 0 Å². The number of carbonyl (C=O) groups excluding carboxylic acids is 18. The van der Waals surface area contributed by atoms with Crippen molar-refractivity contribution < 1.29 is 102 Å². The predicted octanol–water partition coefficient (Wildman–Crippen LogP) is -3.42. The lowest BCUT2D eigenvalue weighted by molar-refractivity contribution is -0.149. The lowest BCUT2D eigenvalue weighted by Crippen LogP contribution is -2.62. The first-order chi connectivity index (χ1) is 67.1. The summed E-state index contributed by atoms with van der Waals surface area (Å²) in [6.07, 6.45) is 3.32. The van der Waals surface area contributed by atoms with Crippen molar-refractivity contribution in [2.24, 2.45) is 23.1 Å². The second kappa shape index (κ2) is 52.7. The molecule has 16 atom stereocenters. The number of fused-ring (bicyclic) bond motifs is 4. The number of aliphatic hydroxyl groups excluding tert-OH is 2. The van der Waals surface area contributed by atoms with Gasteiger partial charge in [-0.2, -0.15) is 0 Å². The molecular weight excluding hydrogens is 1850 g/mol. The van der Waals surface area contributed by atoms with Gasteiger partial charge in [0.05, 0.1) is 37.8 Å². The quantitative estimate of drug-likeness (QED) is 0.0129. The van der Waals surface area contributed by atoms with Crippen molar-refractivity contribution in [3.8, 4) is 5.75 Å². The SMILES string of the molecule is CCCC[C@H]1C(=O)N(C)[C@@H](CCCC)C(=O)N[C@@H](CCCNC(=N)N)C(=O)N[C@H](C(=O)NCC(=O)N[C@@H](C)C(N)=O)CSCC(=O)N[C@@H](Cc2ccc(O)cc2)C(=O)N(C)[C@@H](C)C(=O)N[C@@H](CC(N)=O)C(=O)N2CCC[C@H]2C(=O)N[C@@H](Cc2cnc[nH]2)C(=O)N[C@@H](CC(C)C)C(=O)N2C[C@H](O)C[C@H]2C(=O)N[C@@H](Cc2c[nH]c3ccccc23)C(=O)N[C@@H](CO)C(=O)N[C@@H](Cc2c[nH]c3ccccc23)C(=O)N1C. The number of rotatable bonds is 28. The van der Waals surface area contributed by atoms with Crippen molar-refractivity contribution in [1.29, 1.82) is 5.41 Å². The number of H-pyrrole nitrogens is 3. The number of unbranched alkanes of at least 4 members (excludes halogenated alkanes) is 2. The molecule has 46 nitrogen and oxygen atoms in total. The van der Waals surface area contributed by atoms with Gasteiger partial charge in [-0.25, -0.2) is 4.98 Å². The zero-order valence-corrected chi connectivity index (χ0v) is 81.4. The summed E-state index contributed by atoms with van der Waals surface area (Å²) in [7, 11) is 3.87. The highest BCUT2D eigenvalue weighted by atomic mass is 32.2. The molecule has 141 heavy (non-hydrogen) atoms. The zero-order valence-electron chi connectivity index (χ0n) is 80.5. The number of phenols is 1. The van der Waals surface area contributed by atoms with Crippen molar-refractivity contribution in [2.75, 3.05) is 65.4 Å². The molecule has 3 aliphatic rings. The second-order valence-corrected chi connectivity index (χ2v) is 37.2. The van der Waals surface area contributed by atoms with E-state index in [2.05, 4.69) is 83.7 Å². The Hall–Kier alpha value is -14.3. The number of nitrogens with zero attached hydrogens (tertiary/aromatic N) is 6. The van der Waals surface area contributed by atoms with E-state index in [1.807, 2.05) is 13.8 Å². The molecule has 6 aromatic rings. The summed E-state index contributed by atoms with van der Waals surface area (Å²) in [6, 6.07) is -3.91. The fraction of sp³-hybridized carbons (Fsp3) is 0.532. The summed E-state index contributed by atoms with van der Waals surface area (Å²) in [5.74, 6) is -19.3. The standard InChI is InChI=1S/C94H133N25O21S/c1-10-12-25-72-86(133)107-63(24-18-32-100-94(97)98)82(129)114-71(81(128)103-44-77(124)105-51(5)79(96)126)47-141-48-78(125)106-67(35-53-28-30-57(121)31-29-53)89(136)115(7)52(6)80(127)110-69(40-76(95)123)91(138)118-33-19-27-73(118)87(134)109-65(38-56-43-99-49-104-56)84(131)111-66(34-50(3)4)92(139)119-45-58(122)39-75(119)88(135)108-64(36-54-41-101-61-22-16-14-20-59(54)61)83(130)113-70(46-120)85(132)112-68(37-55-42-102-62-23-17-15-21-60(55)62)90(137)117(9)74(26-13-11-2)93(140)116(72)8/h14-17,20-23,28-31,41-43,49-52,58,63-75,101-102,120-122H,10-13,18-19,24-27,32-40,44-48H2,1-9H3,(H2,95,123)(H2,96,126)(H,99,104)(H,103,128)(H,105,124)(H,106,125)(H,107,133)(H,108,135)(H,109,134)(H,110,127)(H,111,131)(H,112,132)(H,113,130)(H,114,129)(H4,97,98,100)/t51-,52-,58+,63-,64-,65-,66-,67-,68-,69-,70-,71-,72-,73-,74-,75-/m0/s1. The number of phenolic OH excluding ortho intramolecular Hbond substituents is 1. The van der Waals surface area contributed by atoms with E-state index in [0.29, 0.717) is 69.9 Å². The Morgan fingerprint density at radius 2 is 1.10 bits per heavy atom. The molecule has 6 heterocycles. The molecule has 3 aliphatic heterocycles. The van der Waals surface area contributed by atoms with Crippen LogP contribution in [0.15, 0.2) is 97.7 Å². The Labute approximate surface area is 818 Å². The molecule has 0 spiro atoms. The molecule has 3 aromatic carbocycles. The minimum Gasteiger partial charge on any atom is -0.508 e. The maximum Gasteiger partial charge on any atom is 0.246 e. The highest BCUT2D eigenvalue weighted by Crippen LogP contribution is 2.28. The number of thioether (sulfide) groups is 1. The van der Waals surface area contributed by atoms with Gasteiger partial charge in [0, 0.05) is 125 Å². The molecular formula is C94H133N25O21S. The van der Waals surface area contributed by atoms with Crippen LogP contribution in [0.2, 0.25) is 0 Å². The monoisotopic (exact) mass is 1980 g/mol. The molecule has 25 N–H and O–H groups in total. The largest absolute Gasteiger partial charge is 0.508 e. The van der Waals surface area contributed by atoms with Gasteiger partial charge in [0.2, 0.25) is 106 Å². The molecule has 0 saturated carbocycles. The first kappa shape index (κ1) is 110. The lowest BCUT2D eigenvalue weighted by Gasteiger charge is -2.36. The zero-order chi connectivity index (χ0) is 103. The minimum atomic E-state index is -1.91. The van der Waals surface area contributed by atoms with Crippen LogP contribution in [-0.2, 0) is 112 Å². The maximum absolute atomic E-state index is 15.8. The molecule has 766 valence electrons. The number of amides is 18. The van der Waals surface area contributed by atoms with Crippen LogP contribution in [0, 0.1) is 11.3 Å². The number of nitrogens with two attached hydrogens (primary N) is 3. The average molecular weight is 1980 g/mol. The minimum absolute atomic E-state index is 0.00141. The fourth-order valence-electron chi connectivity index (χ4n) is 17.1. The number of nitrogens with one attached hydrogen (secondary N) is 16. The molecule has 47 heteroatoms. The number of aromatic nitrogens is 4. The lowest BCUT2D eigenvalue weighted by atomic mass is 10.00. The van der Waals surface area contributed by atoms with E-state index < -0.39 is 253 Å². The molecule has 3 fully saturated rings. The first-order valence-corrected chi connectivity index (χ1v) is 48.3. The van der Waals surface area contributed by atoms with E-state index in [-0.39, 0.29) is 95.4 Å². The third-order valence-electron chi connectivity index (χ3n) is 25.1. The number of aromatic amines is 3. The third kappa shape index (κ3) is 31.1. The highest BCUT2D eigenvalue weighted by Gasteiger charge is 2.47. The average Bonchev–Trinajstić information content (AvgIpc) is 0.962. The van der Waals surface area contributed by atoms with Crippen molar-refractivity contribution in [3.63, 3.8) is 0 Å². The molecule has 0 radical (unpaired) electrons. The number of benzene rings is 3. The molecule has 0 aliphatic carbocycles. The van der Waals surface area contributed by atoms with E-state index in [1.165, 1.54) is 71.8 Å². The summed E-state index contributed by atoms with van der Waals surface area (Å²) in [6.45, 7) is 7.12. The van der Waals surface area contributed by atoms with Gasteiger partial charge in [-0.1, -0.05) is 102 Å². The number of carbonyl (C=O) groups is 18. The van der Waals surface area contributed by atoms with Gasteiger partial charge in [-0.15, -0.1) is 11.8 Å². The van der Waals surface area contributed by atoms with E-state index in [4.69, 9.17) is 22.6 Å². The molecule has 9 rings (SSSR count). The van der Waals surface area contributed by atoms with Crippen LogP contribution in [0.5, 0.6) is 5.75 Å². The topological polar surface area (TPSA) is 691 Å². The third-order valence-corrected chi connectivity index (χ3v) is 26.1. The number of aromatic hydroxyl groups is 1. The number of likely N-dealkylation sites (N-methyl/N-ethyl adjacent to an activating group) is 3. The number of primary amides is 2. The van der Waals surface area contributed by atoms with Gasteiger partial charge in [0.1, 0.15) is 96.4 Å². The fourth-order valence-corrected chi connectivity index (χ4v) is 18.0. The van der Waals surface area contributed by atoms with Gasteiger partial charge in [-0.3, -0.25) is 91.7 Å².